The average molecular weight is 983 g/mol. The van der Waals surface area contributed by atoms with Gasteiger partial charge in [0.25, 0.3) is 0 Å². The van der Waals surface area contributed by atoms with Crippen LogP contribution in [-0.2, 0) is 12.8 Å². The highest BCUT2D eigenvalue weighted by atomic mass is 32.1. The summed E-state index contributed by atoms with van der Waals surface area (Å²) in [7, 11) is 0. The number of aromatic nitrogens is 2. The van der Waals surface area contributed by atoms with Gasteiger partial charge in [0.15, 0.2) is 0 Å². The van der Waals surface area contributed by atoms with Crippen LogP contribution in [0.4, 0.5) is 0 Å². The molecule has 0 bridgehead atoms. The molecule has 0 radical (unpaired) electrons. The summed E-state index contributed by atoms with van der Waals surface area (Å²) >= 11 is 3.54. The molecule has 368 valence electrons. The Morgan fingerprint density at radius 2 is 0.569 bits per heavy atom. The standard InChI is InChI=1S/C68H74N2S2/c1-3-5-7-9-11-13-15-17-19-21-23-49-25-27-53-43-63-45-59(35-31-55(63)41-61(53)37-49)67-69-47-65(71-67)57-33-29-52-40-58(34-30-51(52)39-57)66-48-70-68(72-66)60-36-32-56-42-62-38-50(26-28-54(62)44-64(56)46-60)24-22-20-18-16-14-12-10-8-6-4-2/h25-48H,3-24H2,1-2H3. The molecule has 0 amide bonds. The molecule has 0 aliphatic carbocycles. The molecule has 2 nitrogen and oxygen atoms in total. The smallest absolute Gasteiger partial charge is 0.123 e. The summed E-state index contributed by atoms with van der Waals surface area (Å²) in [5, 5.41) is 15.0. The van der Waals surface area contributed by atoms with Gasteiger partial charge in [-0.2, -0.15) is 0 Å². The highest BCUT2D eigenvalue weighted by Gasteiger charge is 2.13. The number of unbranched alkanes of at least 4 members (excludes halogenated alkanes) is 18. The minimum absolute atomic E-state index is 1.05. The van der Waals surface area contributed by atoms with Gasteiger partial charge in [-0.05, 0) is 150 Å². The van der Waals surface area contributed by atoms with Gasteiger partial charge in [-0.25, -0.2) is 9.97 Å². The molecule has 0 saturated carbocycles. The summed E-state index contributed by atoms with van der Waals surface area (Å²) in [5.74, 6) is 0. The maximum Gasteiger partial charge on any atom is 0.123 e. The van der Waals surface area contributed by atoms with E-state index in [9.17, 15) is 0 Å². The Labute approximate surface area is 438 Å². The van der Waals surface area contributed by atoms with Crippen LogP contribution in [0.2, 0.25) is 0 Å². The van der Waals surface area contributed by atoms with Crippen LogP contribution in [0.3, 0.4) is 0 Å². The van der Waals surface area contributed by atoms with Gasteiger partial charge in [-0.3, -0.25) is 0 Å². The van der Waals surface area contributed by atoms with Crippen molar-refractivity contribution in [3.8, 4) is 42.0 Å². The summed E-state index contributed by atoms with van der Waals surface area (Å²) in [6.45, 7) is 4.59. The molecular weight excluding hydrogens is 909 g/mol. The van der Waals surface area contributed by atoms with E-state index in [4.69, 9.17) is 9.97 Å². The summed E-state index contributed by atoms with van der Waals surface area (Å²) in [4.78, 5) is 12.3. The lowest BCUT2D eigenvalue weighted by molar-refractivity contribution is 0.556. The number of hydrogen-bond donors (Lipinski definition) is 0. The van der Waals surface area contributed by atoms with E-state index in [1.165, 1.54) is 238 Å². The van der Waals surface area contributed by atoms with E-state index in [2.05, 4.69) is 147 Å². The molecule has 0 unspecified atom stereocenters. The Balaban J connectivity index is 0.742. The van der Waals surface area contributed by atoms with Gasteiger partial charge >= 0.3 is 0 Å². The van der Waals surface area contributed by atoms with Crippen molar-refractivity contribution in [2.45, 2.75) is 155 Å². The number of nitrogens with zero attached hydrogens (tertiary/aromatic N) is 2. The van der Waals surface area contributed by atoms with E-state index in [0.717, 1.165) is 10.0 Å². The van der Waals surface area contributed by atoms with E-state index >= 15 is 0 Å². The second kappa shape index (κ2) is 24.8. The summed E-state index contributed by atoms with van der Waals surface area (Å²) in [6.07, 6.45) is 34.0. The van der Waals surface area contributed by atoms with Crippen LogP contribution in [0.1, 0.15) is 153 Å². The summed E-state index contributed by atoms with van der Waals surface area (Å²) in [5.41, 5.74) is 7.67. The fourth-order valence-corrected chi connectivity index (χ4v) is 12.8. The van der Waals surface area contributed by atoms with E-state index in [0.29, 0.717) is 0 Å². The Morgan fingerprint density at radius 3 is 0.944 bits per heavy atom. The zero-order valence-electron chi connectivity index (χ0n) is 43.1. The monoisotopic (exact) mass is 983 g/mol. The van der Waals surface area contributed by atoms with E-state index < -0.39 is 0 Å². The first kappa shape index (κ1) is 49.9. The number of hydrogen-bond acceptors (Lipinski definition) is 4. The van der Waals surface area contributed by atoms with Crippen LogP contribution in [0.5, 0.6) is 0 Å². The Hall–Kier alpha value is -5.68. The van der Waals surface area contributed by atoms with Crippen LogP contribution in [-0.4, -0.2) is 9.97 Å². The van der Waals surface area contributed by atoms with Gasteiger partial charge in [0.2, 0.25) is 0 Å². The first-order valence-corrected chi connectivity index (χ1v) is 29.6. The fraction of sp³-hybridized carbons (Fsp3) is 0.353. The molecule has 10 rings (SSSR count). The van der Waals surface area contributed by atoms with Gasteiger partial charge < -0.3 is 0 Å². The van der Waals surface area contributed by atoms with Gasteiger partial charge in [-0.1, -0.05) is 214 Å². The highest BCUT2D eigenvalue weighted by Crippen LogP contribution is 2.39. The molecule has 0 N–H and O–H groups in total. The number of benzene rings is 8. The third-order valence-electron chi connectivity index (χ3n) is 15.3. The molecule has 0 fully saturated rings. The van der Waals surface area contributed by atoms with Crippen molar-refractivity contribution < 1.29 is 0 Å². The normalized spacial score (nSPS) is 11.9. The zero-order valence-corrected chi connectivity index (χ0v) is 44.8. The molecule has 0 aliphatic rings. The maximum atomic E-state index is 4.94. The highest BCUT2D eigenvalue weighted by molar-refractivity contribution is 7.18. The second-order valence-corrected chi connectivity index (χ2v) is 23.0. The van der Waals surface area contributed by atoms with Gasteiger partial charge in [-0.15, -0.1) is 22.7 Å². The van der Waals surface area contributed by atoms with Crippen LogP contribution in [0.25, 0.3) is 95.9 Å². The summed E-state index contributed by atoms with van der Waals surface area (Å²) < 4.78 is 0. The van der Waals surface area contributed by atoms with Crippen LogP contribution in [0.15, 0.2) is 146 Å². The lowest BCUT2D eigenvalue weighted by Crippen LogP contribution is -1.88. The predicted molar refractivity (Wildman–Crippen MR) is 318 cm³/mol. The maximum absolute atomic E-state index is 4.94. The van der Waals surface area contributed by atoms with Gasteiger partial charge in [0.1, 0.15) is 10.0 Å². The minimum Gasteiger partial charge on any atom is -0.244 e. The topological polar surface area (TPSA) is 25.8 Å². The number of rotatable bonds is 26. The molecule has 0 spiro atoms. The first-order valence-electron chi connectivity index (χ1n) is 28.0. The van der Waals surface area contributed by atoms with Crippen molar-refractivity contribution in [3.63, 3.8) is 0 Å². The number of fused-ring (bicyclic) bond motifs is 5. The molecule has 2 aromatic heterocycles. The molecule has 0 atom stereocenters. The number of aryl methyl sites for hydroxylation is 2. The molecule has 0 aliphatic heterocycles. The van der Waals surface area contributed by atoms with Crippen LogP contribution in [0, 0.1) is 0 Å². The Bertz CT molecular complexity index is 3150. The first-order chi connectivity index (χ1) is 35.6. The zero-order chi connectivity index (χ0) is 48.9. The molecule has 4 heteroatoms. The van der Waals surface area contributed by atoms with E-state index in [1.807, 2.05) is 12.4 Å². The Morgan fingerprint density at radius 1 is 0.278 bits per heavy atom. The van der Waals surface area contributed by atoms with Crippen LogP contribution < -0.4 is 0 Å². The average Bonchev–Trinajstić information content (AvgIpc) is 4.12. The quantitative estimate of drug-likeness (QED) is 0.0399. The Kier molecular flexibility index (Phi) is 17.2. The lowest BCUT2D eigenvalue weighted by atomic mass is 9.98. The van der Waals surface area contributed by atoms with Crippen molar-refractivity contribution in [3.05, 3.63) is 157 Å². The molecular formula is C68H74N2S2. The molecule has 0 saturated heterocycles. The second-order valence-electron chi connectivity index (χ2n) is 20.9. The van der Waals surface area contributed by atoms with Crippen molar-refractivity contribution in [2.75, 3.05) is 0 Å². The molecule has 2 heterocycles. The van der Waals surface area contributed by atoms with Crippen molar-refractivity contribution in [1.82, 2.24) is 9.97 Å². The molecule has 72 heavy (non-hydrogen) atoms. The number of thiazole rings is 2. The predicted octanol–water partition coefficient (Wildman–Crippen LogP) is 22.0. The minimum atomic E-state index is 1.05. The van der Waals surface area contributed by atoms with Gasteiger partial charge in [0, 0.05) is 23.5 Å². The van der Waals surface area contributed by atoms with E-state index in [1.54, 1.807) is 22.7 Å². The van der Waals surface area contributed by atoms with Gasteiger partial charge in [0.05, 0.1) is 9.75 Å². The molecule has 10 aromatic rings. The van der Waals surface area contributed by atoms with Crippen molar-refractivity contribution in [2.24, 2.45) is 0 Å². The largest absolute Gasteiger partial charge is 0.244 e. The van der Waals surface area contributed by atoms with E-state index in [-0.39, 0.29) is 0 Å². The fourth-order valence-electron chi connectivity index (χ4n) is 10.9. The van der Waals surface area contributed by atoms with Crippen LogP contribution >= 0.6 is 22.7 Å². The van der Waals surface area contributed by atoms with Crippen molar-refractivity contribution >= 4 is 76.5 Å². The third kappa shape index (κ3) is 12.7. The summed E-state index contributed by atoms with van der Waals surface area (Å²) in [6, 6.07) is 50.9. The SMILES string of the molecule is CCCCCCCCCCCCc1ccc2cc3cc(-c4ncc(-c5ccc6cc(-c7cnc(-c8ccc9cc%10cc(CCCCCCCCCCCC)ccc%10cc9c8)s7)ccc6c5)s4)ccc3cc2c1. The molecule has 8 aromatic carbocycles. The third-order valence-corrected chi connectivity index (χ3v) is 17.5. The lowest BCUT2D eigenvalue weighted by Gasteiger charge is -2.08. The van der Waals surface area contributed by atoms with Crippen molar-refractivity contribution in [1.29, 1.82) is 0 Å².